The van der Waals surface area contributed by atoms with Crippen LogP contribution in [-0.2, 0) is 12.7 Å². The summed E-state index contributed by atoms with van der Waals surface area (Å²) in [6.45, 7) is -0.0860. The van der Waals surface area contributed by atoms with E-state index in [0.29, 0.717) is 6.07 Å². The highest BCUT2D eigenvalue weighted by Gasteiger charge is 2.33. The van der Waals surface area contributed by atoms with Crippen molar-refractivity contribution in [3.05, 3.63) is 71.0 Å². The molecule has 1 atom stereocenters. The Balaban J connectivity index is 1.97. The number of rotatable bonds is 6. The third kappa shape index (κ3) is 5.96. The number of carbonyl (C=O) groups excluding carboxylic acids is 1. The van der Waals surface area contributed by atoms with Gasteiger partial charge in [-0.1, -0.05) is 36.4 Å². The van der Waals surface area contributed by atoms with Crippen molar-refractivity contribution in [1.82, 2.24) is 15.5 Å². The summed E-state index contributed by atoms with van der Waals surface area (Å²) >= 11 is 0. The molecule has 8 heteroatoms. The van der Waals surface area contributed by atoms with Crippen molar-refractivity contribution >= 4 is 6.03 Å². The first-order chi connectivity index (χ1) is 12.7. The van der Waals surface area contributed by atoms with Crippen LogP contribution in [0.15, 0.2) is 48.5 Å². The highest BCUT2D eigenvalue weighted by Crippen LogP contribution is 2.32. The number of hydrogen-bond acceptors (Lipinski definition) is 2. The maximum Gasteiger partial charge on any atom is 0.416 e. The Kier molecular flexibility index (Phi) is 6.79. The molecule has 4 nitrogen and oxygen atoms in total. The molecule has 0 bridgehead atoms. The molecule has 0 aromatic heterocycles. The lowest BCUT2D eigenvalue weighted by molar-refractivity contribution is -0.138. The summed E-state index contributed by atoms with van der Waals surface area (Å²) in [5, 5.41) is 5.04. The van der Waals surface area contributed by atoms with Crippen molar-refractivity contribution in [2.75, 3.05) is 20.6 Å². The van der Waals surface area contributed by atoms with Gasteiger partial charge < -0.3 is 15.5 Å². The van der Waals surface area contributed by atoms with Crippen LogP contribution >= 0.6 is 0 Å². The second kappa shape index (κ2) is 8.85. The SMILES string of the molecule is CN(C)C(CNC(=O)NCc1ccc(F)cc1C(F)(F)F)c1ccccc1. The lowest BCUT2D eigenvalue weighted by atomic mass is 10.1. The maximum absolute atomic E-state index is 13.1. The van der Waals surface area contributed by atoms with E-state index in [-0.39, 0.29) is 24.7 Å². The number of alkyl halides is 3. The van der Waals surface area contributed by atoms with Gasteiger partial charge in [0.25, 0.3) is 0 Å². The Morgan fingerprint density at radius 2 is 1.74 bits per heavy atom. The summed E-state index contributed by atoms with van der Waals surface area (Å²) in [6.07, 6.45) is -4.70. The van der Waals surface area contributed by atoms with Gasteiger partial charge in [-0.3, -0.25) is 0 Å². The first-order valence-corrected chi connectivity index (χ1v) is 8.27. The van der Waals surface area contributed by atoms with E-state index in [1.807, 2.05) is 49.3 Å². The van der Waals surface area contributed by atoms with Gasteiger partial charge in [0.1, 0.15) is 5.82 Å². The smallest absolute Gasteiger partial charge is 0.336 e. The molecule has 27 heavy (non-hydrogen) atoms. The van der Waals surface area contributed by atoms with Gasteiger partial charge in [-0.05, 0) is 37.4 Å². The second-order valence-electron chi connectivity index (χ2n) is 6.25. The Labute approximate surface area is 155 Å². The summed E-state index contributed by atoms with van der Waals surface area (Å²) in [5.41, 5.74) is -0.301. The molecule has 0 heterocycles. The van der Waals surface area contributed by atoms with Gasteiger partial charge in [0.05, 0.1) is 11.6 Å². The van der Waals surface area contributed by atoms with E-state index in [0.717, 1.165) is 17.7 Å². The van der Waals surface area contributed by atoms with Crippen LogP contribution in [0.5, 0.6) is 0 Å². The quantitative estimate of drug-likeness (QED) is 0.742. The Bertz CT molecular complexity index is 763. The molecule has 2 aromatic rings. The predicted molar refractivity (Wildman–Crippen MR) is 94.5 cm³/mol. The molecule has 0 aliphatic heterocycles. The summed E-state index contributed by atoms with van der Waals surface area (Å²) in [4.78, 5) is 13.9. The zero-order valence-corrected chi connectivity index (χ0v) is 15.0. The number of halogens is 4. The number of carbonyl (C=O) groups is 1. The Morgan fingerprint density at radius 3 is 2.33 bits per heavy atom. The average Bonchev–Trinajstić information content (AvgIpc) is 2.60. The van der Waals surface area contributed by atoms with Crippen LogP contribution in [-0.4, -0.2) is 31.6 Å². The number of hydrogen-bond donors (Lipinski definition) is 2. The number of urea groups is 1. The standard InChI is InChI=1S/C19H21F4N3O/c1-26(2)17(13-6-4-3-5-7-13)12-25-18(27)24-11-14-8-9-15(20)10-16(14)19(21,22)23/h3-10,17H,11-12H2,1-2H3,(H2,24,25,27). The summed E-state index contributed by atoms with van der Waals surface area (Å²) in [6, 6.07) is 11.2. The topological polar surface area (TPSA) is 44.4 Å². The second-order valence-corrected chi connectivity index (χ2v) is 6.25. The lowest BCUT2D eigenvalue weighted by Gasteiger charge is -2.25. The summed E-state index contributed by atoms with van der Waals surface area (Å²) in [5.74, 6) is -0.979. The van der Waals surface area contributed by atoms with Crippen LogP contribution < -0.4 is 10.6 Å². The number of benzene rings is 2. The van der Waals surface area contributed by atoms with E-state index in [9.17, 15) is 22.4 Å². The Hall–Kier alpha value is -2.61. The minimum Gasteiger partial charge on any atom is -0.336 e. The van der Waals surface area contributed by atoms with Gasteiger partial charge in [0, 0.05) is 13.1 Å². The number of nitrogens with one attached hydrogen (secondary N) is 2. The van der Waals surface area contributed by atoms with E-state index in [2.05, 4.69) is 10.6 Å². The number of amides is 2. The van der Waals surface area contributed by atoms with Gasteiger partial charge in [-0.25, -0.2) is 9.18 Å². The van der Waals surface area contributed by atoms with E-state index in [1.54, 1.807) is 0 Å². The normalized spacial score (nSPS) is 12.7. The molecule has 2 aromatic carbocycles. The minimum atomic E-state index is -4.70. The predicted octanol–water partition coefficient (Wildman–Crippen LogP) is 3.95. The third-order valence-corrected chi connectivity index (χ3v) is 4.08. The molecule has 146 valence electrons. The van der Waals surface area contributed by atoms with E-state index < -0.39 is 23.6 Å². The zero-order chi connectivity index (χ0) is 20.0. The van der Waals surface area contributed by atoms with Crippen molar-refractivity contribution in [1.29, 1.82) is 0 Å². The van der Waals surface area contributed by atoms with Crippen molar-refractivity contribution in [2.45, 2.75) is 18.8 Å². The van der Waals surface area contributed by atoms with Crippen LogP contribution in [0.2, 0.25) is 0 Å². The van der Waals surface area contributed by atoms with Gasteiger partial charge in [0.15, 0.2) is 0 Å². The fourth-order valence-electron chi connectivity index (χ4n) is 2.67. The monoisotopic (exact) mass is 383 g/mol. The van der Waals surface area contributed by atoms with Crippen LogP contribution in [0.3, 0.4) is 0 Å². The molecule has 0 saturated carbocycles. The van der Waals surface area contributed by atoms with Gasteiger partial charge in [-0.2, -0.15) is 13.2 Å². The molecule has 0 aliphatic rings. The van der Waals surface area contributed by atoms with Gasteiger partial charge in [-0.15, -0.1) is 0 Å². The molecule has 2 amide bonds. The highest BCUT2D eigenvalue weighted by atomic mass is 19.4. The van der Waals surface area contributed by atoms with E-state index in [1.165, 1.54) is 0 Å². The lowest BCUT2D eigenvalue weighted by Crippen LogP contribution is -2.40. The van der Waals surface area contributed by atoms with Gasteiger partial charge >= 0.3 is 12.2 Å². The maximum atomic E-state index is 13.1. The van der Waals surface area contributed by atoms with E-state index >= 15 is 0 Å². The molecule has 2 rings (SSSR count). The van der Waals surface area contributed by atoms with Crippen molar-refractivity contribution in [3.8, 4) is 0 Å². The molecule has 0 aliphatic carbocycles. The van der Waals surface area contributed by atoms with Gasteiger partial charge in [0.2, 0.25) is 0 Å². The average molecular weight is 383 g/mol. The van der Waals surface area contributed by atoms with Crippen LogP contribution in [0.1, 0.15) is 22.7 Å². The summed E-state index contributed by atoms with van der Waals surface area (Å²) < 4.78 is 52.1. The first kappa shape index (κ1) is 20.7. The fourth-order valence-corrected chi connectivity index (χ4v) is 2.67. The van der Waals surface area contributed by atoms with Crippen molar-refractivity contribution < 1.29 is 22.4 Å². The molecule has 1 unspecified atom stereocenters. The van der Waals surface area contributed by atoms with Crippen molar-refractivity contribution in [3.63, 3.8) is 0 Å². The van der Waals surface area contributed by atoms with Crippen LogP contribution in [0, 0.1) is 5.82 Å². The molecular formula is C19H21F4N3O. The highest BCUT2D eigenvalue weighted by molar-refractivity contribution is 5.73. The van der Waals surface area contributed by atoms with Crippen LogP contribution in [0.4, 0.5) is 22.4 Å². The Morgan fingerprint density at radius 1 is 1.07 bits per heavy atom. The molecule has 0 fully saturated rings. The number of likely N-dealkylation sites (N-methyl/N-ethyl adjacent to an activating group) is 1. The summed E-state index contributed by atoms with van der Waals surface area (Å²) in [7, 11) is 3.73. The third-order valence-electron chi connectivity index (χ3n) is 4.08. The van der Waals surface area contributed by atoms with Crippen LogP contribution in [0.25, 0.3) is 0 Å². The first-order valence-electron chi connectivity index (χ1n) is 8.27. The van der Waals surface area contributed by atoms with E-state index in [4.69, 9.17) is 0 Å². The molecule has 0 radical (unpaired) electrons. The fraction of sp³-hybridized carbons (Fsp3) is 0.316. The van der Waals surface area contributed by atoms with Crippen molar-refractivity contribution in [2.24, 2.45) is 0 Å². The molecular weight excluding hydrogens is 362 g/mol. The molecule has 0 spiro atoms. The number of nitrogens with zero attached hydrogens (tertiary/aromatic N) is 1. The molecule has 2 N–H and O–H groups in total. The minimum absolute atomic E-state index is 0.0893. The largest absolute Gasteiger partial charge is 0.416 e. The zero-order valence-electron chi connectivity index (χ0n) is 15.0. The molecule has 0 saturated heterocycles.